The minimum atomic E-state index is -0.270. The van der Waals surface area contributed by atoms with Crippen molar-refractivity contribution in [2.45, 2.75) is 0 Å². The van der Waals surface area contributed by atoms with Crippen molar-refractivity contribution in [3.8, 4) is 0 Å². The topological polar surface area (TPSA) is 68.9 Å². The molecule has 1 rings (SSSR count). The van der Waals surface area contributed by atoms with Gasteiger partial charge in [0.25, 0.3) is 0 Å². The molecule has 0 atom stereocenters. The standard InChI is InChI=1S/C7H8N2O2/c1-5(10)2-3-6-4-8-7(11)9-6/h2-4,10H,1H2,(H2,8,9,11)/b3-2+. The predicted molar refractivity (Wildman–Crippen MR) is 42.2 cm³/mol. The van der Waals surface area contributed by atoms with Crippen LogP contribution in [0.2, 0.25) is 0 Å². The smallest absolute Gasteiger partial charge is 0.323 e. The zero-order valence-electron chi connectivity index (χ0n) is 5.79. The Labute approximate surface area is 62.9 Å². The average molecular weight is 152 g/mol. The summed E-state index contributed by atoms with van der Waals surface area (Å²) >= 11 is 0. The number of aromatic nitrogens is 2. The second kappa shape index (κ2) is 2.92. The van der Waals surface area contributed by atoms with Crippen molar-refractivity contribution in [2.75, 3.05) is 0 Å². The molecule has 4 nitrogen and oxygen atoms in total. The number of aliphatic hydroxyl groups excluding tert-OH is 1. The van der Waals surface area contributed by atoms with E-state index in [9.17, 15) is 4.79 Å². The first-order valence-electron chi connectivity index (χ1n) is 3.02. The van der Waals surface area contributed by atoms with Crippen LogP contribution in [0, 0.1) is 0 Å². The van der Waals surface area contributed by atoms with Crippen molar-refractivity contribution in [3.05, 3.63) is 40.8 Å². The van der Waals surface area contributed by atoms with Crippen molar-refractivity contribution in [2.24, 2.45) is 0 Å². The van der Waals surface area contributed by atoms with E-state index in [1.807, 2.05) is 0 Å². The molecule has 0 aliphatic heterocycles. The van der Waals surface area contributed by atoms with Crippen molar-refractivity contribution < 1.29 is 5.11 Å². The number of aliphatic hydroxyl groups is 1. The summed E-state index contributed by atoms with van der Waals surface area (Å²) in [7, 11) is 0. The van der Waals surface area contributed by atoms with Crippen LogP contribution >= 0.6 is 0 Å². The molecule has 0 saturated heterocycles. The Bertz CT molecular complexity index is 332. The molecule has 3 N–H and O–H groups in total. The summed E-state index contributed by atoms with van der Waals surface area (Å²) in [6.07, 6.45) is 4.43. The molecule has 4 heteroatoms. The minimum Gasteiger partial charge on any atom is -0.509 e. The van der Waals surface area contributed by atoms with Gasteiger partial charge in [-0.3, -0.25) is 0 Å². The van der Waals surface area contributed by atoms with Crippen LogP contribution in [0.4, 0.5) is 0 Å². The SMILES string of the molecule is C=C(O)/C=C/c1c[nH]c(=O)[nH]1. The van der Waals surface area contributed by atoms with E-state index in [4.69, 9.17) is 5.11 Å². The Morgan fingerprint density at radius 2 is 2.45 bits per heavy atom. The summed E-state index contributed by atoms with van der Waals surface area (Å²) < 4.78 is 0. The first-order valence-corrected chi connectivity index (χ1v) is 3.02. The average Bonchev–Trinajstić information content (AvgIpc) is 2.31. The minimum absolute atomic E-state index is 0.0490. The molecule has 0 amide bonds. The number of aromatic amines is 2. The number of rotatable bonds is 2. The zero-order chi connectivity index (χ0) is 8.27. The summed E-state index contributed by atoms with van der Waals surface area (Å²) in [4.78, 5) is 15.4. The monoisotopic (exact) mass is 152 g/mol. The maximum Gasteiger partial charge on any atom is 0.323 e. The van der Waals surface area contributed by atoms with E-state index < -0.39 is 0 Å². The first-order chi connectivity index (χ1) is 5.18. The van der Waals surface area contributed by atoms with Gasteiger partial charge >= 0.3 is 5.69 Å². The highest BCUT2D eigenvalue weighted by atomic mass is 16.3. The van der Waals surface area contributed by atoms with E-state index in [2.05, 4.69) is 16.5 Å². The third kappa shape index (κ3) is 2.17. The second-order valence-electron chi connectivity index (χ2n) is 2.02. The van der Waals surface area contributed by atoms with Gasteiger partial charge in [0.2, 0.25) is 0 Å². The molecule has 0 unspecified atom stereocenters. The molecule has 0 spiro atoms. The van der Waals surface area contributed by atoms with Crippen molar-refractivity contribution in [3.63, 3.8) is 0 Å². The van der Waals surface area contributed by atoms with E-state index in [0.29, 0.717) is 5.69 Å². The number of hydrogen-bond donors (Lipinski definition) is 3. The normalized spacial score (nSPS) is 10.5. The van der Waals surface area contributed by atoms with Crippen LogP contribution in [0.25, 0.3) is 6.08 Å². The van der Waals surface area contributed by atoms with Gasteiger partial charge in [-0.25, -0.2) is 4.79 Å². The second-order valence-corrected chi connectivity index (χ2v) is 2.02. The molecule has 0 aromatic carbocycles. The molecular formula is C7H8N2O2. The number of nitrogens with one attached hydrogen (secondary N) is 2. The van der Waals surface area contributed by atoms with Gasteiger partial charge in [-0.15, -0.1) is 0 Å². The molecule has 0 fully saturated rings. The lowest BCUT2D eigenvalue weighted by atomic mass is 10.4. The lowest BCUT2D eigenvalue weighted by molar-refractivity contribution is 0.436. The highest BCUT2D eigenvalue weighted by molar-refractivity contribution is 5.46. The van der Waals surface area contributed by atoms with Gasteiger partial charge in [-0.05, 0) is 12.2 Å². The summed E-state index contributed by atoms with van der Waals surface area (Å²) in [5.41, 5.74) is 0.332. The third-order valence-electron chi connectivity index (χ3n) is 1.07. The number of allylic oxidation sites excluding steroid dienone is 1. The Hall–Kier alpha value is -1.71. The van der Waals surface area contributed by atoms with Gasteiger partial charge in [0.1, 0.15) is 5.76 Å². The molecule has 1 aromatic heterocycles. The molecule has 0 saturated carbocycles. The van der Waals surface area contributed by atoms with Crippen LogP contribution in [-0.4, -0.2) is 15.1 Å². The van der Waals surface area contributed by atoms with Crippen LogP contribution in [0.1, 0.15) is 5.69 Å². The predicted octanol–water partition coefficient (Wildman–Crippen LogP) is 0.788. The van der Waals surface area contributed by atoms with Gasteiger partial charge in [0, 0.05) is 6.20 Å². The summed E-state index contributed by atoms with van der Waals surface area (Å²) in [5, 5.41) is 8.64. The lowest BCUT2D eigenvalue weighted by Crippen LogP contribution is -1.99. The number of H-pyrrole nitrogens is 2. The molecule has 11 heavy (non-hydrogen) atoms. The highest BCUT2D eigenvalue weighted by Crippen LogP contribution is 1.94. The largest absolute Gasteiger partial charge is 0.509 e. The van der Waals surface area contributed by atoms with E-state index in [-0.39, 0.29) is 11.4 Å². The zero-order valence-corrected chi connectivity index (χ0v) is 5.79. The van der Waals surface area contributed by atoms with Crippen molar-refractivity contribution >= 4 is 6.08 Å². The third-order valence-corrected chi connectivity index (χ3v) is 1.07. The maximum absolute atomic E-state index is 10.5. The van der Waals surface area contributed by atoms with Crippen molar-refractivity contribution in [1.29, 1.82) is 0 Å². The highest BCUT2D eigenvalue weighted by Gasteiger charge is 1.87. The summed E-state index contributed by atoms with van der Waals surface area (Å²) in [6.45, 7) is 3.24. The van der Waals surface area contributed by atoms with Crippen LogP contribution < -0.4 is 5.69 Å². The summed E-state index contributed by atoms with van der Waals surface area (Å²) in [6, 6.07) is 0. The number of hydrogen-bond acceptors (Lipinski definition) is 2. The summed E-state index contributed by atoms with van der Waals surface area (Å²) in [5.74, 6) is -0.0490. The molecule has 1 aromatic rings. The molecular weight excluding hydrogens is 144 g/mol. The Morgan fingerprint density at radius 3 is 2.91 bits per heavy atom. The van der Waals surface area contributed by atoms with Crippen LogP contribution in [0.3, 0.4) is 0 Å². The first kappa shape index (κ1) is 7.40. The molecule has 58 valence electrons. The molecule has 0 bridgehead atoms. The Balaban J connectivity index is 2.79. The lowest BCUT2D eigenvalue weighted by Gasteiger charge is -1.83. The van der Waals surface area contributed by atoms with Crippen LogP contribution in [0.5, 0.6) is 0 Å². The fourth-order valence-electron chi connectivity index (χ4n) is 0.622. The molecule has 0 aliphatic carbocycles. The molecule has 0 radical (unpaired) electrons. The number of imidazole rings is 1. The van der Waals surface area contributed by atoms with E-state index >= 15 is 0 Å². The van der Waals surface area contributed by atoms with E-state index in [1.165, 1.54) is 12.3 Å². The van der Waals surface area contributed by atoms with Gasteiger partial charge in [-0.1, -0.05) is 6.58 Å². The van der Waals surface area contributed by atoms with E-state index in [1.54, 1.807) is 6.08 Å². The van der Waals surface area contributed by atoms with Gasteiger partial charge < -0.3 is 15.1 Å². The fourth-order valence-corrected chi connectivity index (χ4v) is 0.622. The Kier molecular flexibility index (Phi) is 1.96. The maximum atomic E-state index is 10.5. The molecule has 1 heterocycles. The molecule has 0 aliphatic rings. The quantitative estimate of drug-likeness (QED) is 0.433. The van der Waals surface area contributed by atoms with Gasteiger partial charge in [-0.2, -0.15) is 0 Å². The van der Waals surface area contributed by atoms with Gasteiger partial charge in [0.05, 0.1) is 5.69 Å². The Morgan fingerprint density at radius 1 is 1.73 bits per heavy atom. The van der Waals surface area contributed by atoms with Gasteiger partial charge in [0.15, 0.2) is 0 Å². The van der Waals surface area contributed by atoms with Crippen molar-refractivity contribution in [1.82, 2.24) is 9.97 Å². The van der Waals surface area contributed by atoms with Crippen LogP contribution in [0.15, 0.2) is 29.4 Å². The van der Waals surface area contributed by atoms with Crippen LogP contribution in [-0.2, 0) is 0 Å². The fraction of sp³-hybridized carbons (Fsp3) is 0. The van der Waals surface area contributed by atoms with E-state index in [0.717, 1.165) is 0 Å².